The van der Waals surface area contributed by atoms with Gasteiger partial charge in [0.15, 0.2) is 0 Å². The minimum atomic E-state index is -0.611. The molecule has 3 rings (SSSR count). The summed E-state index contributed by atoms with van der Waals surface area (Å²) < 4.78 is 18.7. The standard InChI is InChI=1S/C30H47N3O5/c1-19(2)23(14-21-10-11-22-18-31-33(26(22)15-21)12-9-13-36-8)16-25(32-29(35)38-30(5,6)7)27-17-24(20(3)4)28(34)37-27/h10-11,15,18-20,23-25,27H,9,12-14,16-17H2,1-8H3,(H,32,35)/t23-,24-,25-,27-/m0/s1. The number of aromatic nitrogens is 2. The first-order chi connectivity index (χ1) is 17.9. The SMILES string of the molecule is COCCCn1ncc2ccc(C[C@@H](C[C@H](NC(=O)OC(C)(C)C)[C@@H]3C[C@@H](C(C)C)C(=O)O3)C(C)C)cc21. The third-order valence-corrected chi connectivity index (χ3v) is 7.44. The Balaban J connectivity index is 1.80. The van der Waals surface area contributed by atoms with E-state index in [4.69, 9.17) is 14.2 Å². The Morgan fingerprint density at radius 3 is 2.58 bits per heavy atom. The maximum atomic E-state index is 12.8. The normalized spacial score (nSPS) is 19.7. The Kier molecular flexibility index (Phi) is 10.2. The number of carbonyl (C=O) groups is 2. The second-order valence-electron chi connectivity index (χ2n) is 12.4. The minimum absolute atomic E-state index is 0.152. The van der Waals surface area contributed by atoms with Crippen LogP contribution in [-0.2, 0) is 32.0 Å². The number of hydrogen-bond donors (Lipinski definition) is 1. The predicted octanol–water partition coefficient (Wildman–Crippen LogP) is 5.76. The lowest BCUT2D eigenvalue weighted by molar-refractivity contribution is -0.146. The number of nitrogens with one attached hydrogen (secondary N) is 1. The number of benzene rings is 1. The molecule has 8 nitrogen and oxygen atoms in total. The molecule has 212 valence electrons. The molecule has 2 aromatic rings. The molecule has 8 heteroatoms. The Morgan fingerprint density at radius 2 is 1.97 bits per heavy atom. The zero-order valence-electron chi connectivity index (χ0n) is 24.5. The third-order valence-electron chi connectivity index (χ3n) is 7.44. The van der Waals surface area contributed by atoms with Gasteiger partial charge < -0.3 is 19.5 Å². The van der Waals surface area contributed by atoms with Crippen LogP contribution in [-0.4, -0.2) is 53.3 Å². The van der Waals surface area contributed by atoms with Crippen LogP contribution in [0.1, 0.15) is 73.3 Å². The molecule has 1 aromatic carbocycles. The largest absolute Gasteiger partial charge is 0.460 e. The number of esters is 1. The first-order valence-electron chi connectivity index (χ1n) is 14.0. The van der Waals surface area contributed by atoms with Crippen LogP contribution in [0.25, 0.3) is 10.9 Å². The zero-order chi connectivity index (χ0) is 28.0. The van der Waals surface area contributed by atoms with Crippen molar-refractivity contribution in [3.05, 3.63) is 30.0 Å². The highest BCUT2D eigenvalue weighted by molar-refractivity contribution is 5.79. The lowest BCUT2D eigenvalue weighted by atomic mass is 9.81. The molecule has 1 saturated heterocycles. The van der Waals surface area contributed by atoms with Crippen LogP contribution in [0.5, 0.6) is 0 Å². The molecule has 0 aliphatic carbocycles. The number of nitrogens with zero attached hydrogens (tertiary/aromatic N) is 2. The first-order valence-corrected chi connectivity index (χ1v) is 14.0. The second-order valence-corrected chi connectivity index (χ2v) is 12.4. The Bertz CT molecular complexity index is 1070. The van der Waals surface area contributed by atoms with Crippen molar-refractivity contribution in [2.45, 2.75) is 98.4 Å². The van der Waals surface area contributed by atoms with Crippen molar-refractivity contribution < 1.29 is 23.8 Å². The molecule has 0 spiro atoms. The van der Waals surface area contributed by atoms with Gasteiger partial charge in [0, 0.05) is 25.6 Å². The quantitative estimate of drug-likeness (QED) is 0.278. The number of amides is 1. The predicted molar refractivity (Wildman–Crippen MR) is 149 cm³/mol. The van der Waals surface area contributed by atoms with Crippen LogP contribution in [0.3, 0.4) is 0 Å². The van der Waals surface area contributed by atoms with Crippen LogP contribution >= 0.6 is 0 Å². The Hall–Kier alpha value is -2.61. The van der Waals surface area contributed by atoms with Gasteiger partial charge in [0.1, 0.15) is 11.7 Å². The highest BCUT2D eigenvalue weighted by Crippen LogP contribution is 2.33. The molecule has 0 bridgehead atoms. The van der Waals surface area contributed by atoms with Gasteiger partial charge in [0.2, 0.25) is 0 Å². The highest BCUT2D eigenvalue weighted by atomic mass is 16.6. The van der Waals surface area contributed by atoms with Gasteiger partial charge in [0.05, 0.1) is 23.7 Å². The lowest BCUT2D eigenvalue weighted by Gasteiger charge is -2.31. The first kappa shape index (κ1) is 29.9. The summed E-state index contributed by atoms with van der Waals surface area (Å²) in [4.78, 5) is 25.4. The molecule has 38 heavy (non-hydrogen) atoms. The summed E-state index contributed by atoms with van der Waals surface area (Å²) in [6, 6.07) is 6.20. The molecule has 2 heterocycles. The van der Waals surface area contributed by atoms with Gasteiger partial charge in [0.25, 0.3) is 0 Å². The average Bonchev–Trinajstić information content (AvgIpc) is 3.40. The third kappa shape index (κ3) is 8.19. The van der Waals surface area contributed by atoms with Gasteiger partial charge in [-0.1, -0.05) is 39.8 Å². The van der Waals surface area contributed by atoms with Crippen molar-refractivity contribution in [1.82, 2.24) is 15.1 Å². The minimum Gasteiger partial charge on any atom is -0.460 e. The van der Waals surface area contributed by atoms with E-state index in [0.29, 0.717) is 25.4 Å². The smallest absolute Gasteiger partial charge is 0.408 e. The maximum absolute atomic E-state index is 12.8. The fourth-order valence-electron chi connectivity index (χ4n) is 5.18. The molecule has 1 amide bonds. The summed E-state index contributed by atoms with van der Waals surface area (Å²) in [6.45, 7) is 15.5. The number of ether oxygens (including phenoxy) is 3. The number of methoxy groups -OCH3 is 1. The monoisotopic (exact) mass is 529 g/mol. The molecular weight excluding hydrogens is 482 g/mol. The fraction of sp³-hybridized carbons (Fsp3) is 0.700. The molecule has 0 saturated carbocycles. The van der Waals surface area contributed by atoms with E-state index in [0.717, 1.165) is 30.3 Å². The molecule has 1 aliphatic rings. The van der Waals surface area contributed by atoms with Gasteiger partial charge >= 0.3 is 12.1 Å². The molecule has 0 radical (unpaired) electrons. The van der Waals surface area contributed by atoms with Gasteiger partial charge in [-0.2, -0.15) is 5.10 Å². The maximum Gasteiger partial charge on any atom is 0.408 e. The number of aryl methyl sites for hydroxylation is 1. The topological polar surface area (TPSA) is 91.7 Å². The molecular formula is C30H47N3O5. The number of hydrogen-bond acceptors (Lipinski definition) is 6. The summed E-state index contributed by atoms with van der Waals surface area (Å²) in [5.74, 6) is 0.485. The van der Waals surface area contributed by atoms with Gasteiger partial charge in [-0.25, -0.2) is 4.79 Å². The number of cyclic esters (lactones) is 1. The fourth-order valence-corrected chi connectivity index (χ4v) is 5.18. The van der Waals surface area contributed by atoms with E-state index < -0.39 is 11.7 Å². The summed E-state index contributed by atoms with van der Waals surface area (Å²) in [5.41, 5.74) is 1.73. The van der Waals surface area contributed by atoms with Crippen molar-refractivity contribution in [1.29, 1.82) is 0 Å². The van der Waals surface area contributed by atoms with Crippen LogP contribution in [0, 0.1) is 23.7 Å². The van der Waals surface area contributed by atoms with E-state index in [1.807, 2.05) is 45.5 Å². The number of rotatable bonds is 12. The van der Waals surface area contributed by atoms with Gasteiger partial charge in [-0.15, -0.1) is 0 Å². The van der Waals surface area contributed by atoms with Crippen molar-refractivity contribution >= 4 is 23.0 Å². The number of alkyl carbamates (subject to hydrolysis) is 1. The molecule has 1 N–H and O–H groups in total. The van der Waals surface area contributed by atoms with Crippen molar-refractivity contribution in [2.75, 3.05) is 13.7 Å². The Labute approximate surface area is 227 Å². The van der Waals surface area contributed by atoms with Crippen LogP contribution in [0.2, 0.25) is 0 Å². The van der Waals surface area contributed by atoms with Crippen molar-refractivity contribution in [3.8, 4) is 0 Å². The summed E-state index contributed by atoms with van der Waals surface area (Å²) >= 11 is 0. The second kappa shape index (κ2) is 13.0. The van der Waals surface area contributed by atoms with E-state index in [2.05, 4.69) is 42.5 Å². The molecule has 1 aliphatic heterocycles. The summed E-state index contributed by atoms with van der Waals surface area (Å²) in [5, 5.41) is 8.75. The number of fused-ring (bicyclic) bond motifs is 1. The van der Waals surface area contributed by atoms with Crippen LogP contribution in [0.15, 0.2) is 24.4 Å². The lowest BCUT2D eigenvalue weighted by Crippen LogP contribution is -2.47. The average molecular weight is 530 g/mol. The van der Waals surface area contributed by atoms with Gasteiger partial charge in [-0.3, -0.25) is 9.48 Å². The van der Waals surface area contributed by atoms with Crippen molar-refractivity contribution in [2.24, 2.45) is 23.7 Å². The highest BCUT2D eigenvalue weighted by Gasteiger charge is 2.42. The van der Waals surface area contributed by atoms with Gasteiger partial charge in [-0.05, 0) is 75.8 Å². The zero-order valence-corrected chi connectivity index (χ0v) is 24.5. The van der Waals surface area contributed by atoms with E-state index in [1.54, 1.807) is 7.11 Å². The van der Waals surface area contributed by atoms with E-state index in [9.17, 15) is 9.59 Å². The van der Waals surface area contributed by atoms with E-state index in [-0.39, 0.29) is 35.9 Å². The number of carbonyl (C=O) groups excluding carboxylic acids is 2. The molecule has 4 atom stereocenters. The van der Waals surface area contributed by atoms with Crippen molar-refractivity contribution in [3.63, 3.8) is 0 Å². The molecule has 0 unspecified atom stereocenters. The van der Waals surface area contributed by atoms with Crippen LogP contribution < -0.4 is 5.32 Å². The summed E-state index contributed by atoms with van der Waals surface area (Å²) in [7, 11) is 1.71. The Morgan fingerprint density at radius 1 is 1.24 bits per heavy atom. The molecule has 1 fully saturated rings. The molecule has 1 aromatic heterocycles. The summed E-state index contributed by atoms with van der Waals surface area (Å²) in [6.07, 6.45) is 4.11. The van der Waals surface area contributed by atoms with Crippen LogP contribution in [0.4, 0.5) is 4.79 Å². The van der Waals surface area contributed by atoms with E-state index in [1.165, 1.54) is 5.56 Å². The van der Waals surface area contributed by atoms with E-state index >= 15 is 0 Å².